The molecule has 0 atom stereocenters. The molecule has 0 aliphatic carbocycles. The maximum absolute atomic E-state index is 13.9. The second-order valence-corrected chi connectivity index (χ2v) is 4.59. The van der Waals surface area contributed by atoms with Crippen LogP contribution in [0.5, 0.6) is 5.75 Å². The number of nitrogen functional groups attached to an aromatic ring is 1. The molecular formula is C15H16FN3O2. The standard InChI is InChI=1S/C15H16FN3O2/c1-8-5-9(3-4-14(8)21-2)19-13-6-10(15(18)20)12(17)7-11(13)16/h3-7,19H,17H2,1-2H3,(H2,18,20). The first-order valence-corrected chi connectivity index (χ1v) is 6.23. The molecule has 5 nitrogen and oxygen atoms in total. The molecule has 0 heterocycles. The van der Waals surface area contributed by atoms with Crippen LogP contribution in [0.15, 0.2) is 30.3 Å². The lowest BCUT2D eigenvalue weighted by molar-refractivity contribution is 0.100. The summed E-state index contributed by atoms with van der Waals surface area (Å²) >= 11 is 0. The molecule has 110 valence electrons. The highest BCUT2D eigenvalue weighted by Crippen LogP contribution is 2.27. The minimum Gasteiger partial charge on any atom is -0.496 e. The summed E-state index contributed by atoms with van der Waals surface area (Å²) in [7, 11) is 1.58. The molecule has 1 amide bonds. The number of rotatable bonds is 4. The van der Waals surface area contributed by atoms with Crippen molar-refractivity contribution in [2.45, 2.75) is 6.92 Å². The van der Waals surface area contributed by atoms with Crippen LogP contribution < -0.4 is 21.5 Å². The number of nitrogens with two attached hydrogens (primary N) is 2. The molecule has 21 heavy (non-hydrogen) atoms. The summed E-state index contributed by atoms with van der Waals surface area (Å²) in [5.74, 6) is -0.538. The summed E-state index contributed by atoms with van der Waals surface area (Å²) in [5.41, 5.74) is 12.5. The van der Waals surface area contributed by atoms with Crippen LogP contribution in [0.25, 0.3) is 0 Å². The third kappa shape index (κ3) is 3.05. The topological polar surface area (TPSA) is 90.4 Å². The van der Waals surface area contributed by atoms with Crippen LogP contribution in [-0.2, 0) is 0 Å². The van der Waals surface area contributed by atoms with Crippen molar-refractivity contribution in [1.82, 2.24) is 0 Å². The van der Waals surface area contributed by atoms with Crippen molar-refractivity contribution in [2.75, 3.05) is 18.2 Å². The van der Waals surface area contributed by atoms with Crippen molar-refractivity contribution < 1.29 is 13.9 Å². The molecular weight excluding hydrogens is 273 g/mol. The van der Waals surface area contributed by atoms with E-state index < -0.39 is 11.7 Å². The predicted molar refractivity (Wildman–Crippen MR) is 80.3 cm³/mol. The highest BCUT2D eigenvalue weighted by atomic mass is 19.1. The summed E-state index contributed by atoms with van der Waals surface area (Å²) in [6.07, 6.45) is 0. The lowest BCUT2D eigenvalue weighted by Crippen LogP contribution is -2.14. The van der Waals surface area contributed by atoms with E-state index in [2.05, 4.69) is 5.32 Å². The van der Waals surface area contributed by atoms with Gasteiger partial charge in [0.15, 0.2) is 0 Å². The van der Waals surface area contributed by atoms with Gasteiger partial charge in [0.25, 0.3) is 5.91 Å². The van der Waals surface area contributed by atoms with Crippen LogP contribution in [0.2, 0.25) is 0 Å². The molecule has 0 aliphatic rings. The minimum atomic E-state index is -0.707. The summed E-state index contributed by atoms with van der Waals surface area (Å²) in [6, 6.07) is 7.68. The lowest BCUT2D eigenvalue weighted by Gasteiger charge is -2.12. The van der Waals surface area contributed by atoms with E-state index in [1.165, 1.54) is 6.07 Å². The Morgan fingerprint density at radius 2 is 2.00 bits per heavy atom. The van der Waals surface area contributed by atoms with Crippen molar-refractivity contribution in [2.24, 2.45) is 5.73 Å². The molecule has 0 radical (unpaired) electrons. The third-order valence-corrected chi connectivity index (χ3v) is 3.08. The van der Waals surface area contributed by atoms with E-state index in [9.17, 15) is 9.18 Å². The van der Waals surface area contributed by atoms with Crippen LogP contribution in [0.3, 0.4) is 0 Å². The highest BCUT2D eigenvalue weighted by Gasteiger charge is 2.12. The van der Waals surface area contributed by atoms with Crippen LogP contribution in [0.1, 0.15) is 15.9 Å². The number of aryl methyl sites for hydroxylation is 1. The van der Waals surface area contributed by atoms with Crippen molar-refractivity contribution in [3.63, 3.8) is 0 Å². The van der Waals surface area contributed by atoms with Crippen LogP contribution in [0.4, 0.5) is 21.5 Å². The average molecular weight is 289 g/mol. The van der Waals surface area contributed by atoms with Crippen LogP contribution in [-0.4, -0.2) is 13.0 Å². The highest BCUT2D eigenvalue weighted by molar-refractivity contribution is 5.99. The number of benzene rings is 2. The Balaban J connectivity index is 2.37. The van der Waals surface area contributed by atoms with E-state index in [0.717, 1.165) is 17.4 Å². The number of hydrogen-bond acceptors (Lipinski definition) is 4. The number of ether oxygens (including phenoxy) is 1. The van der Waals surface area contributed by atoms with Gasteiger partial charge >= 0.3 is 0 Å². The van der Waals surface area contributed by atoms with E-state index in [4.69, 9.17) is 16.2 Å². The molecule has 0 aliphatic heterocycles. The number of halogens is 1. The van der Waals surface area contributed by atoms with Gasteiger partial charge in [-0.25, -0.2) is 4.39 Å². The number of anilines is 3. The number of hydrogen-bond donors (Lipinski definition) is 3. The zero-order chi connectivity index (χ0) is 15.6. The maximum Gasteiger partial charge on any atom is 0.250 e. The average Bonchev–Trinajstić information content (AvgIpc) is 2.41. The van der Waals surface area contributed by atoms with Crippen LogP contribution >= 0.6 is 0 Å². The van der Waals surface area contributed by atoms with Gasteiger partial charge in [-0.1, -0.05) is 0 Å². The van der Waals surface area contributed by atoms with Gasteiger partial charge in [-0.3, -0.25) is 4.79 Å². The summed E-state index contributed by atoms with van der Waals surface area (Å²) in [6.45, 7) is 1.87. The van der Waals surface area contributed by atoms with Gasteiger partial charge in [0.2, 0.25) is 0 Å². The van der Waals surface area contributed by atoms with Gasteiger partial charge in [0.05, 0.1) is 18.4 Å². The molecule has 0 unspecified atom stereocenters. The molecule has 0 aromatic heterocycles. The molecule has 0 saturated carbocycles. The fourth-order valence-electron chi connectivity index (χ4n) is 2.01. The zero-order valence-corrected chi connectivity index (χ0v) is 11.7. The number of methoxy groups -OCH3 is 1. The Morgan fingerprint density at radius 3 is 2.57 bits per heavy atom. The Labute approximate surface area is 121 Å². The van der Waals surface area contributed by atoms with Crippen molar-refractivity contribution in [1.29, 1.82) is 0 Å². The van der Waals surface area contributed by atoms with Gasteiger partial charge in [-0.05, 0) is 42.8 Å². The molecule has 2 rings (SSSR count). The predicted octanol–water partition coefficient (Wildman–Crippen LogP) is 2.57. The van der Waals surface area contributed by atoms with Gasteiger partial charge < -0.3 is 21.5 Å². The summed E-state index contributed by atoms with van der Waals surface area (Å²) in [5, 5.41) is 2.89. The minimum absolute atomic E-state index is 0.0106. The summed E-state index contributed by atoms with van der Waals surface area (Å²) < 4.78 is 19.1. The first kappa shape index (κ1) is 14.6. The quantitative estimate of drug-likeness (QED) is 0.754. The third-order valence-electron chi connectivity index (χ3n) is 3.08. The molecule has 6 heteroatoms. The summed E-state index contributed by atoms with van der Waals surface area (Å²) in [4.78, 5) is 11.3. The molecule has 0 saturated heterocycles. The number of nitrogens with one attached hydrogen (secondary N) is 1. The van der Waals surface area contributed by atoms with Gasteiger partial charge in [-0.2, -0.15) is 0 Å². The van der Waals surface area contributed by atoms with Gasteiger partial charge in [-0.15, -0.1) is 0 Å². The Hall–Kier alpha value is -2.76. The number of carbonyl (C=O) groups excluding carboxylic acids is 1. The normalized spacial score (nSPS) is 10.2. The van der Waals surface area contributed by atoms with E-state index in [1.54, 1.807) is 25.3 Å². The first-order chi connectivity index (χ1) is 9.92. The zero-order valence-electron chi connectivity index (χ0n) is 11.7. The molecule has 0 bridgehead atoms. The number of amides is 1. The molecule has 0 spiro atoms. The largest absolute Gasteiger partial charge is 0.496 e. The smallest absolute Gasteiger partial charge is 0.250 e. The fraction of sp³-hybridized carbons (Fsp3) is 0.133. The Bertz CT molecular complexity index is 702. The second kappa shape index (κ2) is 5.70. The van der Waals surface area contributed by atoms with Crippen molar-refractivity contribution >= 4 is 23.0 Å². The molecule has 2 aromatic carbocycles. The second-order valence-electron chi connectivity index (χ2n) is 4.59. The maximum atomic E-state index is 13.9. The molecule has 0 fully saturated rings. The van der Waals surface area contributed by atoms with E-state index in [0.29, 0.717) is 5.69 Å². The first-order valence-electron chi connectivity index (χ1n) is 6.23. The molecule has 5 N–H and O–H groups in total. The lowest BCUT2D eigenvalue weighted by atomic mass is 10.1. The van der Waals surface area contributed by atoms with E-state index in [-0.39, 0.29) is 16.9 Å². The van der Waals surface area contributed by atoms with Crippen molar-refractivity contribution in [3.8, 4) is 5.75 Å². The molecule has 2 aromatic rings. The number of carbonyl (C=O) groups is 1. The SMILES string of the molecule is COc1ccc(Nc2cc(C(N)=O)c(N)cc2F)cc1C. The number of primary amides is 1. The fourth-order valence-corrected chi connectivity index (χ4v) is 2.01. The van der Waals surface area contributed by atoms with Crippen molar-refractivity contribution in [3.05, 3.63) is 47.3 Å². The Morgan fingerprint density at radius 1 is 1.29 bits per heavy atom. The van der Waals surface area contributed by atoms with E-state index >= 15 is 0 Å². The van der Waals surface area contributed by atoms with Crippen LogP contribution in [0, 0.1) is 12.7 Å². The van der Waals surface area contributed by atoms with Gasteiger partial charge in [0, 0.05) is 11.4 Å². The monoisotopic (exact) mass is 289 g/mol. The van der Waals surface area contributed by atoms with E-state index in [1.807, 2.05) is 6.92 Å². The Kier molecular flexibility index (Phi) is 3.98. The van der Waals surface area contributed by atoms with Gasteiger partial charge in [0.1, 0.15) is 11.6 Å².